The maximum atomic E-state index is 13.4. The van der Waals surface area contributed by atoms with Gasteiger partial charge in [0.05, 0.1) is 24.6 Å². The number of amides is 3. The Balaban J connectivity index is 1.29. The third-order valence-electron chi connectivity index (χ3n) is 7.29. The number of benzene rings is 2. The fourth-order valence-corrected chi connectivity index (χ4v) is 4.81. The van der Waals surface area contributed by atoms with Crippen molar-refractivity contribution in [3.8, 4) is 11.8 Å². The van der Waals surface area contributed by atoms with Crippen LogP contribution in [0.5, 0.6) is 5.75 Å². The van der Waals surface area contributed by atoms with Crippen molar-refractivity contribution in [2.75, 3.05) is 25.5 Å². The molecule has 2 heterocycles. The first-order valence-corrected chi connectivity index (χ1v) is 13.1. The lowest BCUT2D eigenvalue weighted by Crippen LogP contribution is -2.43. The highest BCUT2D eigenvalue weighted by molar-refractivity contribution is 6.01. The summed E-state index contributed by atoms with van der Waals surface area (Å²) in [6, 6.07) is 15.9. The van der Waals surface area contributed by atoms with Gasteiger partial charge in [0.25, 0.3) is 5.91 Å². The first-order chi connectivity index (χ1) is 18.7. The molecular weight excluding hydrogens is 494 g/mol. The van der Waals surface area contributed by atoms with Crippen LogP contribution in [0.4, 0.5) is 5.69 Å². The number of pyridine rings is 1. The molecule has 2 unspecified atom stereocenters. The van der Waals surface area contributed by atoms with Crippen molar-refractivity contribution in [2.24, 2.45) is 5.92 Å². The highest BCUT2D eigenvalue weighted by atomic mass is 16.5. The summed E-state index contributed by atoms with van der Waals surface area (Å²) in [4.78, 5) is 46.9. The molecule has 2 atom stereocenters. The average Bonchev–Trinajstić information content (AvgIpc) is 3.63. The molecule has 2 fully saturated rings. The molecule has 0 radical (unpaired) electrons. The molecule has 0 spiro atoms. The smallest absolute Gasteiger partial charge is 0.254 e. The van der Waals surface area contributed by atoms with Gasteiger partial charge in [0, 0.05) is 35.9 Å². The van der Waals surface area contributed by atoms with E-state index in [1.54, 1.807) is 31.3 Å². The summed E-state index contributed by atoms with van der Waals surface area (Å²) in [5.74, 6) is -0.898. The lowest BCUT2D eigenvalue weighted by molar-refractivity contribution is -0.131. The number of likely N-dealkylation sites (N-methyl/N-ethyl adjacent to an activating group) is 1. The number of nitrogens with one attached hydrogen (secondary N) is 1. The Morgan fingerprint density at radius 1 is 1.15 bits per heavy atom. The fraction of sp³-hybridized carbons (Fsp3) is 0.367. The summed E-state index contributed by atoms with van der Waals surface area (Å²) in [7, 11) is 1.56. The van der Waals surface area contributed by atoms with Gasteiger partial charge in [-0.15, -0.1) is 0 Å². The van der Waals surface area contributed by atoms with Gasteiger partial charge in [-0.05, 0) is 69.0 Å². The fourth-order valence-electron chi connectivity index (χ4n) is 4.81. The summed E-state index contributed by atoms with van der Waals surface area (Å²) in [5, 5.41) is 13.3. The normalized spacial score (nSPS) is 18.5. The second-order valence-corrected chi connectivity index (χ2v) is 10.4. The lowest BCUT2D eigenvalue weighted by atomic mass is 10.1. The van der Waals surface area contributed by atoms with Crippen LogP contribution in [0.3, 0.4) is 0 Å². The van der Waals surface area contributed by atoms with Gasteiger partial charge in [-0.3, -0.25) is 14.4 Å². The van der Waals surface area contributed by atoms with Crippen molar-refractivity contribution in [1.82, 2.24) is 14.8 Å². The van der Waals surface area contributed by atoms with E-state index in [4.69, 9.17) is 9.72 Å². The molecular formula is C30H31N5O4. The molecule has 0 bridgehead atoms. The number of anilines is 1. The number of aryl methyl sites for hydroxylation is 2. The van der Waals surface area contributed by atoms with Crippen LogP contribution in [-0.4, -0.2) is 64.8 Å². The molecule has 3 amide bonds. The second kappa shape index (κ2) is 10.7. The van der Waals surface area contributed by atoms with Crippen molar-refractivity contribution in [1.29, 1.82) is 5.26 Å². The van der Waals surface area contributed by atoms with E-state index < -0.39 is 12.0 Å². The van der Waals surface area contributed by atoms with Crippen LogP contribution in [-0.2, 0) is 9.59 Å². The van der Waals surface area contributed by atoms with Crippen LogP contribution in [0.2, 0.25) is 0 Å². The lowest BCUT2D eigenvalue weighted by Gasteiger charge is -2.24. The van der Waals surface area contributed by atoms with Crippen LogP contribution in [0.1, 0.15) is 40.9 Å². The van der Waals surface area contributed by atoms with Crippen molar-refractivity contribution in [3.05, 3.63) is 65.4 Å². The van der Waals surface area contributed by atoms with Gasteiger partial charge in [-0.2, -0.15) is 5.26 Å². The minimum absolute atomic E-state index is 0.122. The van der Waals surface area contributed by atoms with E-state index >= 15 is 0 Å². The van der Waals surface area contributed by atoms with Gasteiger partial charge in [-0.1, -0.05) is 18.2 Å². The maximum Gasteiger partial charge on any atom is 0.254 e. The first-order valence-electron chi connectivity index (χ1n) is 13.1. The quantitative estimate of drug-likeness (QED) is 0.501. The number of fused-ring (bicyclic) bond motifs is 1. The molecule has 1 aliphatic heterocycles. The van der Waals surface area contributed by atoms with Crippen molar-refractivity contribution in [2.45, 2.75) is 45.3 Å². The molecule has 2 aromatic carbocycles. The standard InChI is InChI=1S/C30H31N5O4/c1-18-11-20-12-21(14-26(39-25-9-10-25)28(20)32-19(18)2)30(38)34(3)17-27(36)35-16-22(13-24(35)15-31)29(37)33-23-7-5-4-6-8-23/h4-8,11-12,14,22,24-25H,9-10,13,16-17H2,1-3H3,(H,33,37). The summed E-state index contributed by atoms with van der Waals surface area (Å²) in [5.41, 5.74) is 3.69. The number of likely N-dealkylation sites (tertiary alicyclic amines) is 1. The molecule has 5 rings (SSSR count). The van der Waals surface area contributed by atoms with E-state index in [-0.39, 0.29) is 43.3 Å². The van der Waals surface area contributed by atoms with Crippen LogP contribution < -0.4 is 10.1 Å². The Labute approximate surface area is 227 Å². The van der Waals surface area contributed by atoms with Crippen molar-refractivity contribution in [3.63, 3.8) is 0 Å². The molecule has 1 saturated carbocycles. The molecule has 2 aliphatic rings. The highest BCUT2D eigenvalue weighted by Gasteiger charge is 2.39. The van der Waals surface area contributed by atoms with Gasteiger partial charge in [0.2, 0.25) is 11.8 Å². The number of carbonyl (C=O) groups excluding carboxylic acids is 3. The molecule has 9 nitrogen and oxygen atoms in total. The van der Waals surface area contributed by atoms with E-state index in [2.05, 4.69) is 11.4 Å². The summed E-state index contributed by atoms with van der Waals surface area (Å²) in [6.45, 7) is 3.82. The Kier molecular flexibility index (Phi) is 7.20. The van der Waals surface area contributed by atoms with Crippen molar-refractivity contribution < 1.29 is 19.1 Å². The Hall–Kier alpha value is -4.45. The van der Waals surface area contributed by atoms with Gasteiger partial charge in [0.1, 0.15) is 17.3 Å². The highest BCUT2D eigenvalue weighted by Crippen LogP contribution is 2.34. The third-order valence-corrected chi connectivity index (χ3v) is 7.29. The van der Waals surface area contributed by atoms with E-state index in [1.807, 2.05) is 38.1 Å². The molecule has 1 aliphatic carbocycles. The summed E-state index contributed by atoms with van der Waals surface area (Å²) >= 11 is 0. The summed E-state index contributed by atoms with van der Waals surface area (Å²) in [6.07, 6.45) is 2.32. The number of aromatic nitrogens is 1. The number of carbonyl (C=O) groups is 3. The minimum Gasteiger partial charge on any atom is -0.488 e. The van der Waals surface area contributed by atoms with Crippen molar-refractivity contribution >= 4 is 34.3 Å². The van der Waals surface area contributed by atoms with E-state index in [0.29, 0.717) is 22.5 Å². The van der Waals surface area contributed by atoms with Gasteiger partial charge in [0.15, 0.2) is 0 Å². The number of nitrogens with zero attached hydrogens (tertiary/aromatic N) is 4. The van der Waals surface area contributed by atoms with Crippen LogP contribution >= 0.6 is 0 Å². The van der Waals surface area contributed by atoms with Crippen LogP contribution in [0.15, 0.2) is 48.5 Å². The average molecular weight is 526 g/mol. The molecule has 9 heteroatoms. The number of hydrogen-bond acceptors (Lipinski definition) is 6. The zero-order chi connectivity index (χ0) is 27.7. The topological polar surface area (TPSA) is 116 Å². The predicted octanol–water partition coefficient (Wildman–Crippen LogP) is 3.84. The van der Waals surface area contributed by atoms with E-state index in [9.17, 15) is 19.6 Å². The predicted molar refractivity (Wildman–Crippen MR) is 146 cm³/mol. The summed E-state index contributed by atoms with van der Waals surface area (Å²) < 4.78 is 6.09. The maximum absolute atomic E-state index is 13.4. The van der Waals surface area contributed by atoms with Crippen LogP contribution in [0, 0.1) is 31.1 Å². The van der Waals surface area contributed by atoms with Gasteiger partial charge >= 0.3 is 0 Å². The first kappa shape index (κ1) is 26.2. The number of ether oxygens (including phenoxy) is 1. The minimum atomic E-state index is -0.732. The monoisotopic (exact) mass is 525 g/mol. The second-order valence-electron chi connectivity index (χ2n) is 10.4. The number of hydrogen-bond donors (Lipinski definition) is 1. The third kappa shape index (κ3) is 5.70. The van der Waals surface area contributed by atoms with E-state index in [1.165, 1.54) is 9.80 Å². The van der Waals surface area contributed by atoms with Crippen LogP contribution in [0.25, 0.3) is 10.9 Å². The SMILES string of the molecule is Cc1cc2cc(C(=O)N(C)CC(=O)N3CC(C(=O)Nc4ccccc4)CC3C#N)cc(OC3CC3)c2nc1C. The largest absolute Gasteiger partial charge is 0.488 e. The zero-order valence-corrected chi connectivity index (χ0v) is 22.3. The number of para-hydroxylation sites is 1. The van der Waals surface area contributed by atoms with Gasteiger partial charge < -0.3 is 19.9 Å². The Bertz CT molecular complexity index is 1480. The zero-order valence-electron chi connectivity index (χ0n) is 22.3. The Morgan fingerprint density at radius 3 is 2.59 bits per heavy atom. The number of nitriles is 1. The molecule has 3 aromatic rings. The molecule has 1 N–H and O–H groups in total. The number of rotatable bonds is 7. The molecule has 200 valence electrons. The molecule has 1 aromatic heterocycles. The molecule has 39 heavy (non-hydrogen) atoms. The van der Waals surface area contributed by atoms with E-state index in [0.717, 1.165) is 29.5 Å². The van der Waals surface area contributed by atoms with Gasteiger partial charge in [-0.25, -0.2) is 4.98 Å². The molecule has 1 saturated heterocycles. The Morgan fingerprint density at radius 2 is 1.90 bits per heavy atom.